The summed E-state index contributed by atoms with van der Waals surface area (Å²) < 4.78 is 36.5. The molecule has 2 aliphatic rings. The molecular weight excluding hydrogens is 607 g/mol. The molecule has 2 bridgehead atoms. The second kappa shape index (κ2) is 10.6. The fourth-order valence-corrected chi connectivity index (χ4v) is 7.74. The van der Waals surface area contributed by atoms with Gasteiger partial charge in [-0.3, -0.25) is 4.79 Å². The highest BCUT2D eigenvalue weighted by Crippen LogP contribution is 2.40. The fraction of sp³-hybridized carbons (Fsp3) is 0.250. The molecule has 2 aliphatic heterocycles. The van der Waals surface area contributed by atoms with E-state index in [4.69, 9.17) is 32.9 Å². The third-order valence-corrected chi connectivity index (χ3v) is 10.9. The zero-order valence-corrected chi connectivity index (χ0v) is 25.6. The van der Waals surface area contributed by atoms with Crippen molar-refractivity contribution >= 4 is 44.3 Å². The zero-order valence-electron chi connectivity index (χ0n) is 23.3. The van der Waals surface area contributed by atoms with Gasteiger partial charge in [0.25, 0.3) is 15.6 Å². The number of benzene rings is 2. The maximum atomic E-state index is 13.9. The van der Waals surface area contributed by atoms with Crippen LogP contribution in [0.5, 0.6) is 0 Å². The molecule has 2 unspecified atom stereocenters. The number of ether oxygens (including phenoxy) is 1. The van der Waals surface area contributed by atoms with Crippen molar-refractivity contribution in [2.45, 2.75) is 42.8 Å². The van der Waals surface area contributed by atoms with Gasteiger partial charge in [-0.25, -0.2) is 17.4 Å². The molecule has 3 aromatic heterocycles. The second-order valence-electron chi connectivity index (χ2n) is 11.4. The highest BCUT2D eigenvalue weighted by atomic mass is 35.5. The summed E-state index contributed by atoms with van der Waals surface area (Å²) >= 11 is 12.2. The monoisotopic (exact) mass is 634 g/mol. The third-order valence-electron chi connectivity index (χ3n) is 8.45. The predicted octanol–water partition coefficient (Wildman–Crippen LogP) is 5.74. The van der Waals surface area contributed by atoms with Gasteiger partial charge in [-0.15, -0.1) is 0 Å². The first-order valence-corrected chi connectivity index (χ1v) is 16.2. The van der Waals surface area contributed by atoms with Crippen LogP contribution in [-0.2, 0) is 26.8 Å². The molecule has 1 N–H and O–H groups in total. The molecule has 2 atom stereocenters. The van der Waals surface area contributed by atoms with E-state index in [0.29, 0.717) is 52.0 Å². The summed E-state index contributed by atoms with van der Waals surface area (Å²) in [6.07, 6.45) is 6.89. The molecule has 0 spiro atoms. The molecule has 5 heterocycles. The van der Waals surface area contributed by atoms with Crippen molar-refractivity contribution in [2.24, 2.45) is 0 Å². The molecule has 11 heteroatoms. The van der Waals surface area contributed by atoms with Gasteiger partial charge >= 0.3 is 0 Å². The van der Waals surface area contributed by atoms with Crippen molar-refractivity contribution in [3.63, 3.8) is 0 Å². The van der Waals surface area contributed by atoms with Gasteiger partial charge in [0, 0.05) is 41.6 Å². The van der Waals surface area contributed by atoms with E-state index in [2.05, 4.69) is 5.32 Å². The number of fused-ring (bicyclic) bond motifs is 3. The van der Waals surface area contributed by atoms with Crippen LogP contribution in [0.1, 0.15) is 29.5 Å². The first kappa shape index (κ1) is 28.3. The number of nitrogens with one attached hydrogen (secondary N) is 1. The minimum atomic E-state index is -3.98. The molecule has 7 rings (SSSR count). The average Bonchev–Trinajstić information content (AvgIpc) is 3.53. The van der Waals surface area contributed by atoms with E-state index in [1.54, 1.807) is 59.6 Å². The summed E-state index contributed by atoms with van der Waals surface area (Å²) in [7, 11) is -3.98. The van der Waals surface area contributed by atoms with Gasteiger partial charge < -0.3 is 14.6 Å². The van der Waals surface area contributed by atoms with Gasteiger partial charge in [0.15, 0.2) is 5.65 Å². The molecular formula is C32H28Cl2N4O4S. The van der Waals surface area contributed by atoms with Crippen molar-refractivity contribution in [3.8, 4) is 11.1 Å². The number of morpholine rings is 1. The summed E-state index contributed by atoms with van der Waals surface area (Å²) in [6.45, 7) is 3.40. The van der Waals surface area contributed by atoms with Gasteiger partial charge in [0.2, 0.25) is 0 Å². The number of aryl methyl sites for hydroxylation is 1. The molecule has 0 radical (unpaired) electrons. The Kier molecular flexibility index (Phi) is 6.98. The lowest BCUT2D eigenvalue weighted by Crippen LogP contribution is -2.50. The van der Waals surface area contributed by atoms with Gasteiger partial charge in [-0.2, -0.15) is 0 Å². The fourth-order valence-electron chi connectivity index (χ4n) is 6.10. The maximum absolute atomic E-state index is 13.9. The molecule has 5 aromatic rings. The minimum Gasteiger partial charge on any atom is -0.378 e. The molecule has 220 valence electrons. The smallest absolute Gasteiger partial charge is 0.269 e. The lowest BCUT2D eigenvalue weighted by atomic mass is 9.89. The van der Waals surface area contributed by atoms with Gasteiger partial charge in [-0.05, 0) is 72.9 Å². The second-order valence-corrected chi connectivity index (χ2v) is 14.0. The Morgan fingerprint density at radius 3 is 2.65 bits per heavy atom. The van der Waals surface area contributed by atoms with E-state index in [1.165, 1.54) is 10.0 Å². The summed E-state index contributed by atoms with van der Waals surface area (Å²) in [6, 6.07) is 17.6. The number of hydrogen-bond acceptors (Lipinski definition) is 6. The summed E-state index contributed by atoms with van der Waals surface area (Å²) in [4.78, 5) is 18.2. The molecule has 0 saturated carbocycles. The molecule has 2 saturated heterocycles. The molecule has 0 aliphatic carbocycles. The van der Waals surface area contributed by atoms with E-state index < -0.39 is 10.0 Å². The maximum Gasteiger partial charge on any atom is 0.269 e. The van der Waals surface area contributed by atoms with E-state index in [-0.39, 0.29) is 22.0 Å². The van der Waals surface area contributed by atoms with Gasteiger partial charge in [0.1, 0.15) is 0 Å². The quantitative estimate of drug-likeness (QED) is 0.256. The minimum absolute atomic E-state index is 0.157. The van der Waals surface area contributed by atoms with Crippen LogP contribution in [0.2, 0.25) is 10.0 Å². The summed E-state index contributed by atoms with van der Waals surface area (Å²) in [5.41, 5.74) is 3.57. The Morgan fingerprint density at radius 1 is 1.07 bits per heavy atom. The van der Waals surface area contributed by atoms with Crippen LogP contribution in [0.25, 0.3) is 22.2 Å². The largest absolute Gasteiger partial charge is 0.378 e. The molecule has 8 nitrogen and oxygen atoms in total. The predicted molar refractivity (Wildman–Crippen MR) is 167 cm³/mol. The van der Waals surface area contributed by atoms with Gasteiger partial charge in [-0.1, -0.05) is 47.0 Å². The van der Waals surface area contributed by atoms with Crippen LogP contribution in [0.15, 0.2) is 88.9 Å². The average molecular weight is 636 g/mol. The Hall–Kier alpha value is -3.47. The van der Waals surface area contributed by atoms with Crippen LogP contribution >= 0.6 is 23.2 Å². The van der Waals surface area contributed by atoms with Crippen molar-refractivity contribution in [3.05, 3.63) is 116 Å². The van der Waals surface area contributed by atoms with Crippen molar-refractivity contribution in [2.75, 3.05) is 13.2 Å². The SMILES string of the molecule is Cc1ccc(S(=O)(=O)n2cc(-c3ccn(Cc4ccc(Cl)c(Cl)c4)c(=O)c3)c3cc(C45CCC(COC4)N5)cnc32)cc1. The number of halogens is 2. The number of hydrogen-bond donors (Lipinski definition) is 1. The number of aromatic nitrogens is 3. The van der Waals surface area contributed by atoms with Crippen molar-refractivity contribution < 1.29 is 13.2 Å². The number of rotatable bonds is 6. The van der Waals surface area contributed by atoms with E-state index in [0.717, 1.165) is 29.5 Å². The molecule has 0 amide bonds. The van der Waals surface area contributed by atoms with Crippen molar-refractivity contribution in [1.82, 2.24) is 18.8 Å². The Bertz CT molecular complexity index is 2050. The van der Waals surface area contributed by atoms with Crippen LogP contribution in [-0.4, -0.2) is 41.2 Å². The number of pyridine rings is 2. The zero-order chi connectivity index (χ0) is 29.9. The standard InChI is InChI=1S/C32H28Cl2N4O4S/c1-20-2-5-25(6-3-20)43(40,41)38-17-27(22-9-11-37(30(39)13-22)16-21-4-7-28(33)29(34)12-21)26-14-23(15-35-31(26)38)32-10-8-24(36-32)18-42-19-32/h2-7,9,11-15,17,24,36H,8,10,16,18-19H2,1H3. The van der Waals surface area contributed by atoms with E-state index in [1.807, 2.05) is 25.1 Å². The lowest BCUT2D eigenvalue weighted by Gasteiger charge is -2.34. The van der Waals surface area contributed by atoms with Crippen LogP contribution in [0.3, 0.4) is 0 Å². The van der Waals surface area contributed by atoms with E-state index >= 15 is 0 Å². The topological polar surface area (TPSA) is 95.2 Å². The van der Waals surface area contributed by atoms with E-state index in [9.17, 15) is 13.2 Å². The molecule has 2 fully saturated rings. The summed E-state index contributed by atoms with van der Waals surface area (Å²) in [5.74, 6) is 0. The van der Waals surface area contributed by atoms with Crippen LogP contribution in [0, 0.1) is 6.92 Å². The Labute approximate surface area is 258 Å². The van der Waals surface area contributed by atoms with Gasteiger partial charge in [0.05, 0.1) is 40.2 Å². The molecule has 2 aromatic carbocycles. The Morgan fingerprint density at radius 2 is 1.88 bits per heavy atom. The first-order valence-electron chi connectivity index (χ1n) is 14.0. The van der Waals surface area contributed by atoms with Crippen molar-refractivity contribution in [1.29, 1.82) is 0 Å². The highest BCUT2D eigenvalue weighted by Gasteiger charge is 2.44. The van der Waals surface area contributed by atoms with Crippen LogP contribution < -0.4 is 10.9 Å². The van der Waals surface area contributed by atoms with Crippen LogP contribution in [0.4, 0.5) is 0 Å². The third kappa shape index (κ3) is 4.99. The number of nitrogens with zero attached hydrogens (tertiary/aromatic N) is 3. The summed E-state index contributed by atoms with van der Waals surface area (Å²) in [5, 5.41) is 5.20. The normalized spacial score (nSPS) is 20.1. The molecule has 43 heavy (non-hydrogen) atoms. The Balaban J connectivity index is 1.36. The lowest BCUT2D eigenvalue weighted by molar-refractivity contribution is 0.0288. The first-order chi connectivity index (χ1) is 20.6. The highest BCUT2D eigenvalue weighted by molar-refractivity contribution is 7.90.